The van der Waals surface area contributed by atoms with Crippen molar-refractivity contribution < 1.29 is 19.0 Å². The first-order chi connectivity index (χ1) is 22.9. The van der Waals surface area contributed by atoms with Gasteiger partial charge in [0.25, 0.3) is 0 Å². The van der Waals surface area contributed by atoms with Crippen LogP contribution in [0.3, 0.4) is 0 Å². The number of anilines is 4. The molecule has 0 bridgehead atoms. The lowest BCUT2D eigenvalue weighted by molar-refractivity contribution is 0.0690. The normalized spacial score (nSPS) is 10.9. The van der Waals surface area contributed by atoms with Gasteiger partial charge in [0.2, 0.25) is 0 Å². The number of para-hydroxylation sites is 1. The first-order valence-electron chi connectivity index (χ1n) is 15.7. The second-order valence-corrected chi connectivity index (χ2v) is 13.0. The molecule has 0 fully saturated rings. The molecule has 5 aromatic rings. The maximum Gasteiger partial charge on any atom is 0.355 e. The predicted molar refractivity (Wildman–Crippen MR) is 187 cm³/mol. The van der Waals surface area contributed by atoms with Crippen molar-refractivity contribution >= 4 is 60.8 Å². The number of halogens is 1. The molecule has 47 heavy (non-hydrogen) atoms. The molecule has 5 rings (SSSR count). The fourth-order valence-corrected chi connectivity index (χ4v) is 6.77. The van der Waals surface area contributed by atoms with Gasteiger partial charge in [-0.15, -0.1) is 21.5 Å². The van der Waals surface area contributed by atoms with Gasteiger partial charge in [0.1, 0.15) is 0 Å². The van der Waals surface area contributed by atoms with Crippen LogP contribution in [0.25, 0.3) is 10.2 Å². The molecule has 0 amide bonds. The van der Waals surface area contributed by atoms with Crippen LogP contribution in [0.15, 0.2) is 48.5 Å². The first-order valence-corrected chi connectivity index (χ1v) is 17.4. The molecule has 0 unspecified atom stereocenters. The fourth-order valence-electron chi connectivity index (χ4n) is 4.77. The molecule has 12 heteroatoms. The molecule has 3 aromatic heterocycles. The van der Waals surface area contributed by atoms with Gasteiger partial charge in [0.15, 0.2) is 39.2 Å². The summed E-state index contributed by atoms with van der Waals surface area (Å²) in [6.07, 6.45) is 5.52. The van der Waals surface area contributed by atoms with Gasteiger partial charge < -0.3 is 20.1 Å². The number of ether oxygens (including phenoxy) is 1. The van der Waals surface area contributed by atoms with E-state index in [0.29, 0.717) is 46.6 Å². The number of hydrogen-bond acceptors (Lipinski definition) is 10. The Morgan fingerprint density at radius 3 is 2.64 bits per heavy atom. The molecule has 0 radical (unpaired) electrons. The summed E-state index contributed by atoms with van der Waals surface area (Å²) in [7, 11) is 0. The SMILES string of the molecule is CCCC#Cc1ccc(OCCCc2sc(N(CCCCC)c3cc(C)c(Nc4nc5ccccc5s4)nn3)nc2C(=O)O)c(F)c1. The Kier molecular flexibility index (Phi) is 11.7. The summed E-state index contributed by atoms with van der Waals surface area (Å²) in [5, 5.41) is 23.5. The molecule has 9 nitrogen and oxygen atoms in total. The number of carboxylic acids is 1. The maximum absolute atomic E-state index is 14.6. The molecule has 0 aliphatic heterocycles. The number of fused-ring (bicyclic) bond motifs is 1. The highest BCUT2D eigenvalue weighted by molar-refractivity contribution is 7.22. The Balaban J connectivity index is 1.29. The molecule has 2 N–H and O–H groups in total. The molecule has 0 aliphatic rings. The zero-order valence-electron chi connectivity index (χ0n) is 26.7. The summed E-state index contributed by atoms with van der Waals surface area (Å²) in [6, 6.07) is 14.6. The van der Waals surface area contributed by atoms with Crippen LogP contribution in [0.5, 0.6) is 5.75 Å². The molecule has 2 aromatic carbocycles. The van der Waals surface area contributed by atoms with E-state index in [-0.39, 0.29) is 18.1 Å². The van der Waals surface area contributed by atoms with Gasteiger partial charge in [-0.3, -0.25) is 0 Å². The average molecular weight is 673 g/mol. The Bertz CT molecular complexity index is 1860. The smallest absolute Gasteiger partial charge is 0.355 e. The highest BCUT2D eigenvalue weighted by Crippen LogP contribution is 2.34. The Morgan fingerprint density at radius 2 is 1.89 bits per heavy atom. The summed E-state index contributed by atoms with van der Waals surface area (Å²) in [5.41, 5.74) is 2.40. The zero-order chi connectivity index (χ0) is 33.2. The van der Waals surface area contributed by atoms with E-state index in [1.165, 1.54) is 17.4 Å². The molecular formula is C35H37FN6O3S2. The summed E-state index contributed by atoms with van der Waals surface area (Å²) < 4.78 is 21.3. The highest BCUT2D eigenvalue weighted by Gasteiger charge is 2.23. The van der Waals surface area contributed by atoms with E-state index in [0.717, 1.165) is 53.0 Å². The van der Waals surface area contributed by atoms with E-state index in [1.807, 2.05) is 49.1 Å². The third kappa shape index (κ3) is 8.81. The summed E-state index contributed by atoms with van der Waals surface area (Å²) in [6.45, 7) is 6.95. The van der Waals surface area contributed by atoms with Crippen LogP contribution in [0.2, 0.25) is 0 Å². The summed E-state index contributed by atoms with van der Waals surface area (Å²) in [5.74, 6) is 5.73. The van der Waals surface area contributed by atoms with Crippen molar-refractivity contribution in [2.45, 2.75) is 65.7 Å². The number of nitrogens with one attached hydrogen (secondary N) is 1. The number of carbonyl (C=O) groups is 1. The molecule has 0 saturated heterocycles. The van der Waals surface area contributed by atoms with Gasteiger partial charge in [-0.2, -0.15) is 0 Å². The van der Waals surface area contributed by atoms with Crippen molar-refractivity contribution in [2.24, 2.45) is 0 Å². The topological polar surface area (TPSA) is 113 Å². The standard InChI is InChI=1S/C35H37FN6O3S2/c1-4-6-8-13-24-17-18-27(25(36)22-24)45-20-12-16-29-31(33(43)44)38-35(47-29)42(19-11-7-5-2)30-21-23(3)32(41-40-30)39-34-37-26-14-9-10-15-28(26)46-34/h9-10,14-15,17-18,21-22H,4-7,11-12,16,19-20H2,1-3H3,(H,43,44)(H,37,39,41). The van der Waals surface area contributed by atoms with E-state index in [2.05, 4.69) is 44.2 Å². The second-order valence-electron chi connectivity index (χ2n) is 10.9. The van der Waals surface area contributed by atoms with Gasteiger partial charge in [0.05, 0.1) is 16.8 Å². The number of benzene rings is 2. The lowest BCUT2D eigenvalue weighted by Gasteiger charge is -2.21. The van der Waals surface area contributed by atoms with Gasteiger partial charge in [-0.1, -0.05) is 62.0 Å². The van der Waals surface area contributed by atoms with Crippen LogP contribution in [0.1, 0.15) is 78.9 Å². The third-order valence-corrected chi connectivity index (χ3v) is 9.31. The minimum Gasteiger partial charge on any atom is -0.491 e. The van der Waals surface area contributed by atoms with Crippen LogP contribution < -0.4 is 15.0 Å². The Hall–Kier alpha value is -4.60. The number of thiazole rings is 2. The molecular weight excluding hydrogens is 636 g/mol. The number of rotatable bonds is 15. The monoisotopic (exact) mass is 672 g/mol. The average Bonchev–Trinajstić information content (AvgIpc) is 3.67. The number of nitrogens with zero attached hydrogens (tertiary/aromatic N) is 5. The van der Waals surface area contributed by atoms with Crippen LogP contribution in [0, 0.1) is 24.6 Å². The lowest BCUT2D eigenvalue weighted by atomic mass is 10.2. The van der Waals surface area contributed by atoms with Gasteiger partial charge in [-0.25, -0.2) is 19.2 Å². The first kappa shape index (κ1) is 33.8. The van der Waals surface area contributed by atoms with Crippen molar-refractivity contribution in [3.05, 3.63) is 76.0 Å². The maximum atomic E-state index is 14.6. The van der Waals surface area contributed by atoms with Gasteiger partial charge >= 0.3 is 5.97 Å². The molecule has 0 saturated carbocycles. The lowest BCUT2D eigenvalue weighted by Crippen LogP contribution is -2.20. The number of aromatic carboxylic acids is 1. The predicted octanol–water partition coefficient (Wildman–Crippen LogP) is 8.92. The van der Waals surface area contributed by atoms with E-state index in [4.69, 9.17) is 4.74 Å². The minimum absolute atomic E-state index is 0.00508. The molecule has 3 heterocycles. The minimum atomic E-state index is -1.10. The molecule has 0 aliphatic carbocycles. The molecule has 244 valence electrons. The van der Waals surface area contributed by atoms with E-state index >= 15 is 0 Å². The van der Waals surface area contributed by atoms with Gasteiger partial charge in [-0.05, 0) is 74.6 Å². The number of hydrogen-bond donors (Lipinski definition) is 2. The fraction of sp³-hybridized carbons (Fsp3) is 0.343. The van der Waals surface area contributed by atoms with Crippen molar-refractivity contribution in [3.63, 3.8) is 0 Å². The summed E-state index contributed by atoms with van der Waals surface area (Å²) in [4.78, 5) is 23.9. The highest BCUT2D eigenvalue weighted by atomic mass is 32.1. The quantitative estimate of drug-likeness (QED) is 0.0831. The molecule has 0 spiro atoms. The van der Waals surface area contributed by atoms with Crippen molar-refractivity contribution in [1.82, 2.24) is 20.2 Å². The third-order valence-electron chi connectivity index (χ3n) is 7.22. The second kappa shape index (κ2) is 16.3. The number of aryl methyl sites for hydroxylation is 2. The molecule has 0 atom stereocenters. The Labute approximate surface area is 281 Å². The van der Waals surface area contributed by atoms with Crippen LogP contribution in [0.4, 0.5) is 26.3 Å². The number of unbranched alkanes of at least 4 members (excludes halogenated alkanes) is 3. The van der Waals surface area contributed by atoms with E-state index in [1.54, 1.807) is 23.5 Å². The van der Waals surface area contributed by atoms with Crippen LogP contribution in [-0.2, 0) is 6.42 Å². The van der Waals surface area contributed by atoms with Crippen LogP contribution in [-0.4, -0.2) is 44.4 Å². The summed E-state index contributed by atoms with van der Waals surface area (Å²) >= 11 is 2.87. The number of carboxylic acid groups (broad SMARTS) is 1. The Morgan fingerprint density at radius 1 is 1.04 bits per heavy atom. The largest absolute Gasteiger partial charge is 0.491 e. The number of aromatic nitrogens is 4. The van der Waals surface area contributed by atoms with Crippen molar-refractivity contribution in [1.29, 1.82) is 0 Å². The van der Waals surface area contributed by atoms with Crippen LogP contribution >= 0.6 is 22.7 Å². The van der Waals surface area contributed by atoms with Crippen molar-refractivity contribution in [3.8, 4) is 17.6 Å². The van der Waals surface area contributed by atoms with Crippen molar-refractivity contribution in [2.75, 3.05) is 23.4 Å². The van der Waals surface area contributed by atoms with E-state index in [9.17, 15) is 14.3 Å². The van der Waals surface area contributed by atoms with E-state index < -0.39 is 11.8 Å². The van der Waals surface area contributed by atoms with Gasteiger partial charge in [0, 0.05) is 23.4 Å². The zero-order valence-corrected chi connectivity index (χ0v) is 28.3.